The molecule has 82 valence electrons. The number of carbonyl (C=O) groups excluding carboxylic acids is 1. The topological polar surface area (TPSA) is 86.5 Å². The second kappa shape index (κ2) is 4.30. The third kappa shape index (κ3) is 2.55. The molecule has 7 heteroatoms. The van der Waals surface area contributed by atoms with E-state index in [2.05, 4.69) is 20.7 Å². The minimum atomic E-state index is -3.97. The van der Waals surface area contributed by atoms with Crippen molar-refractivity contribution < 1.29 is 17.9 Å². The molecule has 2 N–H and O–H groups in total. The van der Waals surface area contributed by atoms with Gasteiger partial charge in [-0.2, -0.15) is 0 Å². The predicted molar refractivity (Wildman–Crippen MR) is 56.9 cm³/mol. The number of rotatable bonds is 2. The number of carbonyl (C=O) groups is 1. The van der Waals surface area contributed by atoms with Gasteiger partial charge in [0.1, 0.15) is 4.90 Å². The molecule has 0 fully saturated rings. The smallest absolute Gasteiger partial charge is 0.339 e. The Morgan fingerprint density at radius 2 is 2.07 bits per heavy atom. The van der Waals surface area contributed by atoms with Crippen LogP contribution in [0.15, 0.2) is 27.6 Å². The first-order valence-corrected chi connectivity index (χ1v) is 6.11. The van der Waals surface area contributed by atoms with Crippen molar-refractivity contribution in [3.8, 4) is 0 Å². The van der Waals surface area contributed by atoms with Crippen LogP contribution >= 0.6 is 15.9 Å². The summed E-state index contributed by atoms with van der Waals surface area (Å²) in [5.74, 6) is -0.750. The monoisotopic (exact) mass is 293 g/mol. The van der Waals surface area contributed by atoms with E-state index in [1.165, 1.54) is 18.2 Å². The molecule has 15 heavy (non-hydrogen) atoms. The van der Waals surface area contributed by atoms with Crippen molar-refractivity contribution >= 4 is 31.9 Å². The normalized spacial score (nSPS) is 11.1. The highest BCUT2D eigenvalue weighted by Crippen LogP contribution is 2.24. The zero-order valence-electron chi connectivity index (χ0n) is 7.73. The Labute approximate surface area is 95.4 Å². The Bertz CT molecular complexity index is 497. The van der Waals surface area contributed by atoms with Gasteiger partial charge in [-0.1, -0.05) is 6.07 Å². The Balaban J connectivity index is 3.54. The minimum absolute atomic E-state index is 0.0885. The van der Waals surface area contributed by atoms with Gasteiger partial charge in [-0.05, 0) is 28.1 Å². The molecule has 0 saturated carbocycles. The number of halogens is 1. The molecule has 0 radical (unpaired) electrons. The fraction of sp³-hybridized carbons (Fsp3) is 0.125. The first kappa shape index (κ1) is 12.2. The van der Waals surface area contributed by atoms with E-state index >= 15 is 0 Å². The molecule has 1 rings (SSSR count). The molecule has 1 aromatic rings. The maximum Gasteiger partial charge on any atom is 0.339 e. The molecule has 0 amide bonds. The molecule has 0 heterocycles. The molecular weight excluding hydrogens is 286 g/mol. The summed E-state index contributed by atoms with van der Waals surface area (Å²) in [4.78, 5) is 11.0. The van der Waals surface area contributed by atoms with E-state index in [1.807, 2.05) is 0 Å². The van der Waals surface area contributed by atoms with E-state index in [0.29, 0.717) is 0 Å². The van der Waals surface area contributed by atoms with E-state index < -0.39 is 16.0 Å². The molecule has 5 nitrogen and oxygen atoms in total. The number of primary sulfonamides is 1. The van der Waals surface area contributed by atoms with Crippen LogP contribution in [-0.4, -0.2) is 21.5 Å². The van der Waals surface area contributed by atoms with E-state index in [-0.39, 0.29) is 14.9 Å². The maximum absolute atomic E-state index is 11.3. The lowest BCUT2D eigenvalue weighted by Crippen LogP contribution is -2.18. The summed E-state index contributed by atoms with van der Waals surface area (Å²) in [6.45, 7) is 0. The van der Waals surface area contributed by atoms with Crippen molar-refractivity contribution in [2.24, 2.45) is 5.14 Å². The summed E-state index contributed by atoms with van der Waals surface area (Å²) in [6, 6.07) is 4.33. The Morgan fingerprint density at radius 3 is 2.53 bits per heavy atom. The number of methoxy groups -OCH3 is 1. The van der Waals surface area contributed by atoms with Gasteiger partial charge in [0.2, 0.25) is 10.0 Å². The molecular formula is C8H8BrNO4S. The third-order valence-electron chi connectivity index (χ3n) is 1.66. The molecule has 0 atom stereocenters. The lowest BCUT2D eigenvalue weighted by Gasteiger charge is -2.07. The van der Waals surface area contributed by atoms with E-state index in [0.717, 1.165) is 7.11 Å². The first-order valence-electron chi connectivity index (χ1n) is 3.77. The number of nitrogens with two attached hydrogens (primary N) is 1. The molecule has 1 aromatic carbocycles. The average Bonchev–Trinajstić information content (AvgIpc) is 2.14. The SMILES string of the molecule is COC(=O)c1cccc(Br)c1S(N)(=O)=O. The standard InChI is InChI=1S/C8H8BrNO4S/c1-14-8(11)5-3-2-4-6(9)7(5)15(10,12)13/h2-4H,1H3,(H2,10,12,13). The number of hydrogen-bond acceptors (Lipinski definition) is 4. The zero-order chi connectivity index (χ0) is 11.6. The van der Waals surface area contributed by atoms with Crippen molar-refractivity contribution in [2.75, 3.05) is 7.11 Å². The third-order valence-corrected chi connectivity index (χ3v) is 3.59. The number of hydrogen-bond donors (Lipinski definition) is 1. The summed E-state index contributed by atoms with van der Waals surface area (Å²) >= 11 is 3.01. The second-order valence-corrected chi connectivity index (χ2v) is 5.01. The minimum Gasteiger partial charge on any atom is -0.465 e. The summed E-state index contributed by atoms with van der Waals surface area (Å²) < 4.78 is 27.1. The quantitative estimate of drug-likeness (QED) is 0.820. The van der Waals surface area contributed by atoms with Crippen LogP contribution in [0.3, 0.4) is 0 Å². The fourth-order valence-electron chi connectivity index (χ4n) is 1.07. The molecule has 0 unspecified atom stereocenters. The van der Waals surface area contributed by atoms with E-state index in [9.17, 15) is 13.2 Å². The van der Waals surface area contributed by atoms with Gasteiger partial charge in [0.25, 0.3) is 0 Å². The number of esters is 1. The van der Waals surface area contributed by atoms with Crippen LogP contribution in [0.1, 0.15) is 10.4 Å². The summed E-state index contributed by atoms with van der Waals surface area (Å²) in [5, 5.41) is 4.99. The van der Waals surface area contributed by atoms with Crippen molar-refractivity contribution in [1.29, 1.82) is 0 Å². The molecule has 0 saturated heterocycles. The number of sulfonamides is 1. The van der Waals surface area contributed by atoms with Gasteiger partial charge in [-0.25, -0.2) is 18.4 Å². The lowest BCUT2D eigenvalue weighted by molar-refractivity contribution is 0.0596. The van der Waals surface area contributed by atoms with Crippen molar-refractivity contribution in [3.05, 3.63) is 28.2 Å². The van der Waals surface area contributed by atoms with Crippen LogP contribution in [0.5, 0.6) is 0 Å². The highest BCUT2D eigenvalue weighted by atomic mass is 79.9. The molecule has 0 aliphatic rings. The maximum atomic E-state index is 11.3. The summed E-state index contributed by atoms with van der Waals surface area (Å²) in [7, 11) is -2.80. The second-order valence-electron chi connectivity index (χ2n) is 2.65. The van der Waals surface area contributed by atoms with Crippen LogP contribution < -0.4 is 5.14 Å². The van der Waals surface area contributed by atoms with E-state index in [4.69, 9.17) is 5.14 Å². The Hall–Kier alpha value is -0.920. The largest absolute Gasteiger partial charge is 0.465 e. The highest BCUT2D eigenvalue weighted by Gasteiger charge is 2.22. The van der Waals surface area contributed by atoms with Crippen LogP contribution in [0, 0.1) is 0 Å². The number of benzene rings is 1. The van der Waals surface area contributed by atoms with Gasteiger partial charge < -0.3 is 4.74 Å². The van der Waals surface area contributed by atoms with Gasteiger partial charge >= 0.3 is 5.97 Å². The van der Waals surface area contributed by atoms with Crippen LogP contribution in [0.2, 0.25) is 0 Å². The van der Waals surface area contributed by atoms with Gasteiger partial charge in [0.05, 0.1) is 12.7 Å². The van der Waals surface area contributed by atoms with Crippen LogP contribution in [-0.2, 0) is 14.8 Å². The molecule has 0 aliphatic carbocycles. The lowest BCUT2D eigenvalue weighted by atomic mass is 10.2. The molecule has 0 aromatic heterocycles. The number of ether oxygens (including phenoxy) is 1. The van der Waals surface area contributed by atoms with Gasteiger partial charge in [0.15, 0.2) is 0 Å². The zero-order valence-corrected chi connectivity index (χ0v) is 10.1. The van der Waals surface area contributed by atoms with Crippen molar-refractivity contribution in [2.45, 2.75) is 4.90 Å². The van der Waals surface area contributed by atoms with E-state index in [1.54, 1.807) is 0 Å². The van der Waals surface area contributed by atoms with Crippen LogP contribution in [0.25, 0.3) is 0 Å². The Morgan fingerprint density at radius 1 is 1.47 bits per heavy atom. The highest BCUT2D eigenvalue weighted by molar-refractivity contribution is 9.10. The van der Waals surface area contributed by atoms with Gasteiger partial charge in [0, 0.05) is 4.47 Å². The van der Waals surface area contributed by atoms with Crippen LogP contribution in [0.4, 0.5) is 0 Å². The first-order chi connectivity index (χ1) is 6.88. The van der Waals surface area contributed by atoms with Crippen molar-refractivity contribution in [1.82, 2.24) is 0 Å². The molecule has 0 bridgehead atoms. The molecule has 0 aliphatic heterocycles. The fourth-order valence-corrected chi connectivity index (χ4v) is 2.91. The average molecular weight is 294 g/mol. The van der Waals surface area contributed by atoms with Crippen molar-refractivity contribution in [3.63, 3.8) is 0 Å². The summed E-state index contributed by atoms with van der Waals surface area (Å²) in [6.07, 6.45) is 0. The van der Waals surface area contributed by atoms with Gasteiger partial charge in [-0.15, -0.1) is 0 Å². The molecule has 0 spiro atoms. The summed E-state index contributed by atoms with van der Waals surface area (Å²) in [5.41, 5.74) is -0.0885. The predicted octanol–water partition coefficient (Wildman–Crippen LogP) is 0.883. The Kier molecular flexibility index (Phi) is 3.48. The van der Waals surface area contributed by atoms with Gasteiger partial charge in [-0.3, -0.25) is 0 Å².